The maximum absolute atomic E-state index is 14.5. The van der Waals surface area contributed by atoms with Crippen molar-refractivity contribution in [2.24, 2.45) is 0 Å². The molecule has 9 nitrogen and oxygen atoms in total. The third-order valence-corrected chi connectivity index (χ3v) is 5.96. The predicted molar refractivity (Wildman–Crippen MR) is 125 cm³/mol. The van der Waals surface area contributed by atoms with Gasteiger partial charge in [0.15, 0.2) is 17.4 Å². The van der Waals surface area contributed by atoms with Gasteiger partial charge in [0, 0.05) is 25.6 Å². The Hall–Kier alpha value is -4.34. The average Bonchev–Trinajstić information content (AvgIpc) is 2.81. The lowest BCUT2D eigenvalue weighted by atomic mass is 10.00. The molecule has 35 heavy (non-hydrogen) atoms. The first-order chi connectivity index (χ1) is 16.7. The van der Waals surface area contributed by atoms with Gasteiger partial charge in [-0.15, -0.1) is 0 Å². The van der Waals surface area contributed by atoms with E-state index in [0.29, 0.717) is 23.6 Å². The van der Waals surface area contributed by atoms with Gasteiger partial charge in [-0.25, -0.2) is 14.4 Å². The van der Waals surface area contributed by atoms with Gasteiger partial charge in [-0.3, -0.25) is 14.4 Å². The first-order valence-electron chi connectivity index (χ1n) is 11.0. The number of carbonyl (C=O) groups excluding carboxylic acids is 3. The van der Waals surface area contributed by atoms with E-state index in [0.717, 1.165) is 17.3 Å². The van der Waals surface area contributed by atoms with Gasteiger partial charge in [0.25, 0.3) is 17.4 Å². The average molecular weight is 475 g/mol. The number of aromatic nitrogens is 2. The molecule has 0 aliphatic carbocycles. The normalized spacial score (nSPS) is 19.9. The van der Waals surface area contributed by atoms with Crippen LogP contribution in [0.2, 0.25) is 0 Å². The number of halogens is 1. The molecule has 4 aliphatic heterocycles. The van der Waals surface area contributed by atoms with Crippen molar-refractivity contribution in [3.63, 3.8) is 0 Å². The number of rotatable bonds is 0. The van der Waals surface area contributed by atoms with Crippen LogP contribution in [0.4, 0.5) is 21.6 Å². The molecule has 0 spiro atoms. The summed E-state index contributed by atoms with van der Waals surface area (Å²) in [6, 6.07) is 12.1. The summed E-state index contributed by atoms with van der Waals surface area (Å²) in [6.45, 7) is 1.18. The minimum Gasteiger partial charge on any atom is -0.466 e. The van der Waals surface area contributed by atoms with Crippen molar-refractivity contribution < 1.29 is 23.5 Å². The molecule has 10 heteroatoms. The van der Waals surface area contributed by atoms with Crippen LogP contribution in [0.5, 0.6) is 5.75 Å². The Kier molecular flexibility index (Phi) is 5.43. The fourth-order valence-electron chi connectivity index (χ4n) is 4.17. The highest BCUT2D eigenvalue weighted by molar-refractivity contribution is 6.15. The van der Waals surface area contributed by atoms with Crippen LogP contribution < -0.4 is 15.4 Å². The molecule has 7 rings (SSSR count). The Morgan fingerprint density at radius 1 is 1.06 bits per heavy atom. The quantitative estimate of drug-likeness (QED) is 0.481. The molecule has 8 bridgehead atoms. The number of likely N-dealkylation sites (N-methyl/N-ethyl adjacent to an activating group) is 1. The number of fused-ring (bicyclic) bond motifs is 2. The molecular formula is C25H22FN5O4. The van der Waals surface area contributed by atoms with E-state index in [2.05, 4.69) is 20.6 Å². The number of ketones is 1. The number of hydrogen-bond donors (Lipinski definition) is 2. The van der Waals surface area contributed by atoms with Gasteiger partial charge in [-0.2, -0.15) is 0 Å². The largest absolute Gasteiger partial charge is 0.466 e. The van der Waals surface area contributed by atoms with Gasteiger partial charge in [-0.1, -0.05) is 24.3 Å². The van der Waals surface area contributed by atoms with Crippen molar-refractivity contribution >= 4 is 34.8 Å². The third kappa shape index (κ3) is 4.30. The number of nitrogens with zero attached hydrogens (tertiary/aromatic N) is 3. The molecular weight excluding hydrogens is 453 g/mol. The highest BCUT2D eigenvalue weighted by Crippen LogP contribution is 2.37. The molecule has 2 amide bonds. The Bertz CT molecular complexity index is 1380. The highest BCUT2D eigenvalue weighted by atomic mass is 19.1. The molecule has 178 valence electrons. The molecule has 5 heterocycles. The van der Waals surface area contributed by atoms with Crippen LogP contribution in [-0.2, 0) is 27.2 Å². The Balaban J connectivity index is 1.58. The number of benzene rings is 2. The highest BCUT2D eigenvalue weighted by Gasteiger charge is 2.49. The van der Waals surface area contributed by atoms with Gasteiger partial charge < -0.3 is 20.3 Å². The summed E-state index contributed by atoms with van der Waals surface area (Å²) in [5.74, 6) is -1.52. The summed E-state index contributed by atoms with van der Waals surface area (Å²) < 4.78 is 20.3. The van der Waals surface area contributed by atoms with Crippen LogP contribution in [0.3, 0.4) is 0 Å². The minimum absolute atomic E-state index is 0.0242. The molecule has 0 fully saturated rings. The molecule has 2 aromatic carbocycles. The second kappa shape index (κ2) is 8.46. The van der Waals surface area contributed by atoms with E-state index in [-0.39, 0.29) is 30.3 Å². The van der Waals surface area contributed by atoms with Crippen molar-refractivity contribution in [1.82, 2.24) is 14.9 Å². The summed E-state index contributed by atoms with van der Waals surface area (Å²) >= 11 is 0. The zero-order chi connectivity index (χ0) is 24.7. The summed E-state index contributed by atoms with van der Waals surface area (Å²) in [6.07, 6.45) is 1.52. The molecule has 1 atom stereocenters. The summed E-state index contributed by atoms with van der Waals surface area (Å²) in [5, 5.41) is 5.59. The summed E-state index contributed by atoms with van der Waals surface area (Å²) in [7, 11) is 1.46. The van der Waals surface area contributed by atoms with Crippen molar-refractivity contribution in [1.29, 1.82) is 0 Å². The third-order valence-electron chi connectivity index (χ3n) is 5.96. The van der Waals surface area contributed by atoms with Crippen LogP contribution in [0.1, 0.15) is 23.9 Å². The van der Waals surface area contributed by atoms with E-state index in [1.807, 2.05) is 24.3 Å². The maximum atomic E-state index is 14.5. The number of ether oxygens (including phenoxy) is 1. The minimum atomic E-state index is -1.85. The lowest BCUT2D eigenvalue weighted by Gasteiger charge is -2.35. The Labute approximate surface area is 200 Å². The van der Waals surface area contributed by atoms with Crippen LogP contribution >= 0.6 is 0 Å². The zero-order valence-corrected chi connectivity index (χ0v) is 19.1. The fourth-order valence-corrected chi connectivity index (χ4v) is 4.17. The van der Waals surface area contributed by atoms with E-state index < -0.39 is 23.2 Å². The number of Topliss-reactive ketones (excluding diaryl/α,β-unsaturated/α-hetero) is 1. The van der Waals surface area contributed by atoms with Gasteiger partial charge in [0.2, 0.25) is 0 Å². The van der Waals surface area contributed by atoms with Crippen LogP contribution in [0.25, 0.3) is 0 Å². The molecule has 0 unspecified atom stereocenters. The van der Waals surface area contributed by atoms with Gasteiger partial charge in [-0.05, 0) is 36.2 Å². The molecule has 2 N–H and O–H groups in total. The maximum Gasteiger partial charge on any atom is 0.278 e. The van der Waals surface area contributed by atoms with E-state index in [1.165, 1.54) is 18.9 Å². The van der Waals surface area contributed by atoms with Crippen molar-refractivity contribution in [2.75, 3.05) is 24.2 Å². The molecule has 0 radical (unpaired) electrons. The number of nitrogens with one attached hydrogen (secondary N) is 2. The Morgan fingerprint density at radius 2 is 1.83 bits per heavy atom. The lowest BCUT2D eigenvalue weighted by molar-refractivity contribution is -0.154. The summed E-state index contributed by atoms with van der Waals surface area (Å²) in [5.41, 5.74) is 0.525. The molecule has 0 saturated heterocycles. The van der Waals surface area contributed by atoms with E-state index >= 15 is 0 Å². The van der Waals surface area contributed by atoms with Gasteiger partial charge in [0.05, 0.1) is 18.4 Å². The van der Waals surface area contributed by atoms with E-state index in [9.17, 15) is 18.8 Å². The number of carbonyl (C=O) groups is 3. The predicted octanol–water partition coefficient (Wildman–Crippen LogP) is 2.62. The Morgan fingerprint density at radius 3 is 2.63 bits per heavy atom. The second-order valence-electron chi connectivity index (χ2n) is 8.78. The SMILES string of the molecule is CN1CC(=O)Cc2cccc(c2)Cc2ncc(F)c(n2)Nc2ccc3c(c2)NC(=O)[C@](C)(O3)C1=O. The first kappa shape index (κ1) is 22.5. The van der Waals surface area contributed by atoms with Crippen LogP contribution in [0, 0.1) is 5.82 Å². The zero-order valence-electron chi connectivity index (χ0n) is 19.1. The molecule has 0 saturated carbocycles. The van der Waals surface area contributed by atoms with E-state index in [1.54, 1.807) is 18.2 Å². The number of amides is 2. The van der Waals surface area contributed by atoms with Gasteiger partial charge in [0.1, 0.15) is 11.6 Å². The van der Waals surface area contributed by atoms with Crippen LogP contribution in [-0.4, -0.2) is 51.7 Å². The number of hydrogen-bond acceptors (Lipinski definition) is 7. The number of anilines is 3. The monoisotopic (exact) mass is 475 g/mol. The molecule has 4 aliphatic rings. The fraction of sp³-hybridized carbons (Fsp3) is 0.240. The second-order valence-corrected chi connectivity index (χ2v) is 8.78. The summed E-state index contributed by atoms with van der Waals surface area (Å²) in [4.78, 5) is 48.4. The topological polar surface area (TPSA) is 114 Å². The van der Waals surface area contributed by atoms with Gasteiger partial charge >= 0.3 is 0 Å². The van der Waals surface area contributed by atoms with Crippen molar-refractivity contribution in [3.8, 4) is 5.75 Å². The lowest BCUT2D eigenvalue weighted by Crippen LogP contribution is -2.59. The first-order valence-corrected chi connectivity index (χ1v) is 11.0. The van der Waals surface area contributed by atoms with E-state index in [4.69, 9.17) is 4.74 Å². The standard InChI is InChI=1S/C25H22FN5O4/c1-25-23(33)29-19-11-16(6-7-20(19)35-25)28-22-18(26)12-27-21(30-22)10-15-5-3-4-14(8-15)9-17(32)13-31(2)24(25)34/h3-8,11-12H,9-10,13H2,1-2H3,(H,29,33)(H,27,28,30)/t25-/m0/s1. The van der Waals surface area contributed by atoms with Crippen molar-refractivity contribution in [3.05, 3.63) is 71.4 Å². The smallest absolute Gasteiger partial charge is 0.278 e. The molecule has 3 aromatic rings. The van der Waals surface area contributed by atoms with Crippen LogP contribution in [0.15, 0.2) is 48.7 Å². The molecule has 1 aromatic heterocycles. The van der Waals surface area contributed by atoms with Crippen molar-refractivity contribution in [2.45, 2.75) is 25.4 Å².